The van der Waals surface area contributed by atoms with Crippen molar-refractivity contribution in [2.75, 3.05) is 12.3 Å². The number of nitro groups is 2. The highest BCUT2D eigenvalue weighted by molar-refractivity contribution is 8.01. The lowest BCUT2D eigenvalue weighted by Crippen LogP contribution is -2.30. The molecule has 0 aromatic heterocycles. The molecule has 3 rings (SSSR count). The van der Waals surface area contributed by atoms with Crippen LogP contribution in [-0.4, -0.2) is 34.9 Å². The fourth-order valence-corrected chi connectivity index (χ4v) is 6.19. The normalized spacial score (nSPS) is 17.7. The van der Waals surface area contributed by atoms with Crippen LogP contribution in [0.3, 0.4) is 0 Å². The van der Waals surface area contributed by atoms with Gasteiger partial charge in [-0.25, -0.2) is 8.42 Å². The first-order chi connectivity index (χ1) is 12.7. The first-order valence-electron chi connectivity index (χ1n) is 7.85. The maximum absolute atomic E-state index is 13.1. The molecule has 9 nitrogen and oxygen atoms in total. The van der Waals surface area contributed by atoms with Gasteiger partial charge in [0.1, 0.15) is 5.56 Å². The van der Waals surface area contributed by atoms with Crippen LogP contribution in [0.5, 0.6) is 0 Å². The van der Waals surface area contributed by atoms with Gasteiger partial charge in [-0.2, -0.15) is 4.31 Å². The molecule has 0 aliphatic carbocycles. The summed E-state index contributed by atoms with van der Waals surface area (Å²) in [4.78, 5) is 20.4. The van der Waals surface area contributed by atoms with Crippen molar-refractivity contribution in [3.63, 3.8) is 0 Å². The minimum absolute atomic E-state index is 0.181. The van der Waals surface area contributed by atoms with Crippen LogP contribution in [0.2, 0.25) is 0 Å². The zero-order valence-electron chi connectivity index (χ0n) is 14.1. The lowest BCUT2D eigenvalue weighted by atomic mass is 10.1. The summed E-state index contributed by atoms with van der Waals surface area (Å²) in [5, 5.41) is 22.0. The van der Waals surface area contributed by atoms with Crippen molar-refractivity contribution < 1.29 is 18.3 Å². The summed E-state index contributed by atoms with van der Waals surface area (Å²) in [6.07, 6.45) is 0. The summed E-state index contributed by atoms with van der Waals surface area (Å²) in [6, 6.07) is 10.8. The summed E-state index contributed by atoms with van der Waals surface area (Å²) in [7, 11) is -4.16. The number of hydrogen-bond donors (Lipinski definition) is 0. The molecular formula is C16H15N3O6S2. The summed E-state index contributed by atoms with van der Waals surface area (Å²) in [6.45, 7) is 1.44. The fourth-order valence-electron chi connectivity index (χ4n) is 2.90. The molecular weight excluding hydrogens is 394 g/mol. The molecule has 1 saturated heterocycles. The van der Waals surface area contributed by atoms with E-state index in [0.717, 1.165) is 17.7 Å². The molecule has 0 bridgehead atoms. The van der Waals surface area contributed by atoms with Gasteiger partial charge in [-0.1, -0.05) is 30.3 Å². The van der Waals surface area contributed by atoms with Gasteiger partial charge in [-0.15, -0.1) is 11.8 Å². The fraction of sp³-hybridized carbons (Fsp3) is 0.250. The van der Waals surface area contributed by atoms with E-state index in [4.69, 9.17) is 0 Å². The standard InChI is InChI=1S/C16H15N3O6S2/c1-11-14(18(20)21)9-13(10-15(11)19(22)23)27(24,25)17-7-8-26-16(17)12-5-3-2-4-6-12/h2-6,9-10,16H,7-8H2,1H3. The summed E-state index contributed by atoms with van der Waals surface area (Å²) in [5.74, 6) is 0.550. The molecule has 1 aliphatic rings. The third-order valence-electron chi connectivity index (χ3n) is 4.26. The van der Waals surface area contributed by atoms with Crippen LogP contribution in [0, 0.1) is 27.2 Å². The summed E-state index contributed by atoms with van der Waals surface area (Å²) >= 11 is 1.43. The Morgan fingerprint density at radius 2 is 1.63 bits per heavy atom. The van der Waals surface area contributed by atoms with E-state index in [1.165, 1.54) is 23.0 Å². The first kappa shape index (κ1) is 19.3. The first-order valence-corrected chi connectivity index (χ1v) is 10.3. The Kier molecular flexibility index (Phi) is 5.18. The molecule has 2 aromatic carbocycles. The quantitative estimate of drug-likeness (QED) is 0.548. The van der Waals surface area contributed by atoms with Gasteiger partial charge in [-0.05, 0) is 12.5 Å². The SMILES string of the molecule is Cc1c([N+](=O)[O-])cc(S(=O)(=O)N2CCSC2c2ccccc2)cc1[N+](=O)[O-]. The van der Waals surface area contributed by atoms with E-state index in [1.807, 2.05) is 6.07 Å². The van der Waals surface area contributed by atoms with Gasteiger partial charge in [-0.3, -0.25) is 20.2 Å². The number of rotatable bonds is 5. The molecule has 1 atom stereocenters. The van der Waals surface area contributed by atoms with Gasteiger partial charge in [0.15, 0.2) is 0 Å². The molecule has 0 amide bonds. The van der Waals surface area contributed by atoms with Crippen molar-refractivity contribution in [1.29, 1.82) is 0 Å². The summed E-state index contributed by atoms with van der Waals surface area (Å²) < 4.78 is 27.5. The average Bonchev–Trinajstić information content (AvgIpc) is 3.12. The molecule has 2 aromatic rings. The van der Waals surface area contributed by atoms with Crippen molar-refractivity contribution in [3.05, 3.63) is 73.8 Å². The third-order valence-corrected chi connectivity index (χ3v) is 7.50. The smallest absolute Gasteiger partial charge is 0.258 e. The predicted octanol–water partition coefficient (Wildman–Crippen LogP) is 3.25. The van der Waals surface area contributed by atoms with Crippen LogP contribution < -0.4 is 0 Å². The predicted molar refractivity (Wildman–Crippen MR) is 100 cm³/mol. The Morgan fingerprint density at radius 1 is 1.07 bits per heavy atom. The van der Waals surface area contributed by atoms with Gasteiger partial charge >= 0.3 is 0 Å². The van der Waals surface area contributed by atoms with Crippen molar-refractivity contribution in [2.45, 2.75) is 17.2 Å². The molecule has 0 radical (unpaired) electrons. The van der Waals surface area contributed by atoms with E-state index in [-0.39, 0.29) is 12.1 Å². The maximum Gasteiger partial charge on any atom is 0.280 e. The highest BCUT2D eigenvalue weighted by Crippen LogP contribution is 2.42. The molecule has 0 saturated carbocycles. The molecule has 27 heavy (non-hydrogen) atoms. The number of sulfonamides is 1. The van der Waals surface area contributed by atoms with E-state index >= 15 is 0 Å². The van der Waals surface area contributed by atoms with Crippen molar-refractivity contribution in [1.82, 2.24) is 4.31 Å². The Labute approximate surface area is 159 Å². The number of hydrogen-bond acceptors (Lipinski definition) is 7. The van der Waals surface area contributed by atoms with Gasteiger partial charge in [0.05, 0.1) is 20.1 Å². The van der Waals surface area contributed by atoms with E-state index in [9.17, 15) is 28.6 Å². The van der Waals surface area contributed by atoms with Crippen LogP contribution in [0.25, 0.3) is 0 Å². The lowest BCUT2D eigenvalue weighted by Gasteiger charge is -2.23. The van der Waals surface area contributed by atoms with Crippen LogP contribution in [-0.2, 0) is 10.0 Å². The molecule has 0 spiro atoms. The number of nitro benzene ring substituents is 2. The summed E-state index contributed by atoms with van der Waals surface area (Å²) in [5.41, 5.74) is -0.587. The second kappa shape index (κ2) is 7.25. The van der Waals surface area contributed by atoms with Gasteiger partial charge in [0, 0.05) is 24.4 Å². The Hall–Kier alpha value is -2.50. The van der Waals surface area contributed by atoms with Gasteiger partial charge in [0.25, 0.3) is 11.4 Å². The zero-order valence-corrected chi connectivity index (χ0v) is 15.8. The van der Waals surface area contributed by atoms with Crippen LogP contribution in [0.1, 0.15) is 16.5 Å². The topological polar surface area (TPSA) is 124 Å². The highest BCUT2D eigenvalue weighted by Gasteiger charge is 2.39. The second-order valence-corrected chi connectivity index (χ2v) is 8.93. The molecule has 1 fully saturated rings. The molecule has 1 heterocycles. The van der Waals surface area contributed by atoms with Crippen molar-refractivity contribution in [2.24, 2.45) is 0 Å². The molecule has 1 aliphatic heterocycles. The zero-order chi connectivity index (χ0) is 19.8. The van der Waals surface area contributed by atoms with Gasteiger partial charge < -0.3 is 0 Å². The maximum atomic E-state index is 13.1. The third kappa shape index (κ3) is 3.53. The second-order valence-electron chi connectivity index (χ2n) is 5.85. The van der Waals surface area contributed by atoms with Crippen molar-refractivity contribution >= 4 is 33.2 Å². The van der Waals surface area contributed by atoms with Crippen molar-refractivity contribution in [3.8, 4) is 0 Å². The molecule has 142 valence electrons. The van der Waals surface area contributed by atoms with E-state index < -0.39 is 41.5 Å². The van der Waals surface area contributed by atoms with E-state index in [1.54, 1.807) is 24.3 Å². The van der Waals surface area contributed by atoms with Gasteiger partial charge in [0.2, 0.25) is 10.0 Å². The van der Waals surface area contributed by atoms with Crippen LogP contribution in [0.15, 0.2) is 47.4 Å². The molecule has 11 heteroatoms. The molecule has 0 N–H and O–H groups in total. The highest BCUT2D eigenvalue weighted by atomic mass is 32.2. The minimum atomic E-state index is -4.16. The Morgan fingerprint density at radius 3 is 2.15 bits per heavy atom. The van der Waals surface area contributed by atoms with E-state index in [2.05, 4.69) is 0 Å². The minimum Gasteiger partial charge on any atom is -0.258 e. The number of benzene rings is 2. The van der Waals surface area contributed by atoms with Crippen LogP contribution >= 0.6 is 11.8 Å². The van der Waals surface area contributed by atoms with E-state index in [0.29, 0.717) is 5.75 Å². The number of nitrogens with zero attached hydrogens (tertiary/aromatic N) is 3. The Balaban J connectivity index is 2.12. The van der Waals surface area contributed by atoms with Crippen LogP contribution in [0.4, 0.5) is 11.4 Å². The lowest BCUT2D eigenvalue weighted by molar-refractivity contribution is -0.395. The Bertz CT molecular complexity index is 975. The monoisotopic (exact) mass is 409 g/mol. The average molecular weight is 409 g/mol. The largest absolute Gasteiger partial charge is 0.280 e. The molecule has 1 unspecified atom stereocenters. The number of thioether (sulfide) groups is 1.